The maximum atomic E-state index is 12.0. The number of nitrogens with zero attached hydrogens (tertiary/aromatic N) is 1. The highest BCUT2D eigenvalue weighted by Crippen LogP contribution is 2.30. The summed E-state index contributed by atoms with van der Waals surface area (Å²) in [6.45, 7) is 2.40. The normalized spacial score (nSPS) is 24.8. The van der Waals surface area contributed by atoms with Crippen molar-refractivity contribution in [2.75, 3.05) is 39.4 Å². The molecular weight excluding hydrogens is 257 g/mol. The Morgan fingerprint density at radius 2 is 1.89 bits per heavy atom. The van der Waals surface area contributed by atoms with Crippen molar-refractivity contribution < 1.29 is 17.9 Å². The van der Waals surface area contributed by atoms with Crippen LogP contribution in [0, 0.1) is 0 Å². The Kier molecular flexibility index (Phi) is 5.09. The Morgan fingerprint density at radius 1 is 1.16 bits per heavy atom. The minimum atomic E-state index is -4.21. The highest BCUT2D eigenvalue weighted by Gasteiger charge is 2.36. The summed E-state index contributed by atoms with van der Waals surface area (Å²) in [5.41, 5.74) is 0.209. The third-order valence-electron chi connectivity index (χ3n) is 4.08. The summed E-state index contributed by atoms with van der Waals surface area (Å²) < 4.78 is 40.6. The molecule has 0 unspecified atom stereocenters. The lowest BCUT2D eigenvalue weighted by Gasteiger charge is -2.46. The molecule has 0 atom stereocenters. The van der Waals surface area contributed by atoms with Crippen LogP contribution in [0.4, 0.5) is 13.2 Å². The van der Waals surface area contributed by atoms with Crippen LogP contribution in [0.25, 0.3) is 0 Å². The zero-order valence-electron chi connectivity index (χ0n) is 11.3. The van der Waals surface area contributed by atoms with Crippen LogP contribution in [0.5, 0.6) is 0 Å². The molecule has 112 valence electrons. The van der Waals surface area contributed by atoms with Gasteiger partial charge in [0.15, 0.2) is 0 Å². The molecule has 0 aromatic rings. The molecule has 1 saturated heterocycles. The number of hydrogen-bond donors (Lipinski definition) is 1. The number of piperazine rings is 1. The van der Waals surface area contributed by atoms with Crippen LogP contribution in [-0.4, -0.2) is 56.0 Å². The molecule has 1 N–H and O–H groups in total. The molecule has 2 fully saturated rings. The number of alkyl halides is 3. The summed E-state index contributed by atoms with van der Waals surface area (Å²) in [6.07, 6.45) is 1.98. The van der Waals surface area contributed by atoms with Crippen LogP contribution in [-0.2, 0) is 4.74 Å². The predicted molar refractivity (Wildman–Crippen MR) is 67.1 cm³/mol. The molecule has 19 heavy (non-hydrogen) atoms. The SMILES string of the molecule is FC(F)(F)COCCN1CCNC2(CCCCC2)C1. The van der Waals surface area contributed by atoms with Crippen molar-refractivity contribution in [3.05, 3.63) is 0 Å². The first kappa shape index (κ1) is 15.1. The molecule has 3 nitrogen and oxygen atoms in total. The summed E-state index contributed by atoms with van der Waals surface area (Å²) >= 11 is 0. The second-order valence-corrected chi connectivity index (χ2v) is 5.71. The summed E-state index contributed by atoms with van der Waals surface area (Å²) in [4.78, 5) is 2.23. The van der Waals surface area contributed by atoms with Crippen LogP contribution in [0.3, 0.4) is 0 Å². The van der Waals surface area contributed by atoms with Crippen LogP contribution in [0.15, 0.2) is 0 Å². The van der Waals surface area contributed by atoms with E-state index in [9.17, 15) is 13.2 Å². The maximum absolute atomic E-state index is 12.0. The standard InChI is InChI=1S/C13H23F3N2O/c14-13(15,16)11-19-9-8-18-7-6-17-12(10-18)4-2-1-3-5-12/h17H,1-11H2. The largest absolute Gasteiger partial charge is 0.411 e. The highest BCUT2D eigenvalue weighted by molar-refractivity contribution is 4.96. The molecule has 0 radical (unpaired) electrons. The van der Waals surface area contributed by atoms with E-state index in [-0.39, 0.29) is 12.1 Å². The highest BCUT2D eigenvalue weighted by atomic mass is 19.4. The van der Waals surface area contributed by atoms with Crippen molar-refractivity contribution >= 4 is 0 Å². The molecule has 1 aliphatic carbocycles. The van der Waals surface area contributed by atoms with E-state index in [0.29, 0.717) is 6.54 Å². The predicted octanol–water partition coefficient (Wildman–Crippen LogP) is 2.17. The number of hydrogen-bond acceptors (Lipinski definition) is 3. The van der Waals surface area contributed by atoms with Gasteiger partial charge in [-0.05, 0) is 12.8 Å². The molecule has 2 aliphatic rings. The monoisotopic (exact) mass is 280 g/mol. The molecule has 0 aromatic carbocycles. The van der Waals surface area contributed by atoms with E-state index in [1.165, 1.54) is 32.1 Å². The lowest BCUT2D eigenvalue weighted by atomic mass is 9.80. The van der Waals surface area contributed by atoms with Gasteiger partial charge in [0.25, 0.3) is 0 Å². The van der Waals surface area contributed by atoms with Crippen molar-refractivity contribution in [1.82, 2.24) is 10.2 Å². The molecule has 0 amide bonds. The van der Waals surface area contributed by atoms with Crippen molar-refractivity contribution in [2.45, 2.75) is 43.8 Å². The van der Waals surface area contributed by atoms with E-state index in [2.05, 4.69) is 15.0 Å². The summed E-state index contributed by atoms with van der Waals surface area (Å²) in [6, 6.07) is 0. The van der Waals surface area contributed by atoms with E-state index in [1.807, 2.05) is 0 Å². The number of halogens is 3. The first-order valence-corrected chi connectivity index (χ1v) is 7.11. The fourth-order valence-corrected chi connectivity index (χ4v) is 3.18. The van der Waals surface area contributed by atoms with Gasteiger partial charge in [0.2, 0.25) is 0 Å². The Hall–Kier alpha value is -0.330. The Labute approximate surface area is 112 Å². The van der Waals surface area contributed by atoms with Crippen LogP contribution < -0.4 is 5.32 Å². The Bertz CT molecular complexity index is 272. The molecule has 0 bridgehead atoms. The fourth-order valence-electron chi connectivity index (χ4n) is 3.18. The van der Waals surface area contributed by atoms with Crippen molar-refractivity contribution in [3.63, 3.8) is 0 Å². The smallest absolute Gasteiger partial charge is 0.371 e. The minimum absolute atomic E-state index is 0.162. The first-order valence-electron chi connectivity index (χ1n) is 7.11. The molecular formula is C13H23F3N2O. The van der Waals surface area contributed by atoms with E-state index in [4.69, 9.17) is 0 Å². The average molecular weight is 280 g/mol. The molecule has 1 spiro atoms. The lowest BCUT2D eigenvalue weighted by Crippen LogP contribution is -2.61. The zero-order chi connectivity index (χ0) is 13.8. The van der Waals surface area contributed by atoms with Crippen molar-refractivity contribution in [1.29, 1.82) is 0 Å². The third kappa shape index (κ3) is 4.93. The van der Waals surface area contributed by atoms with Crippen LogP contribution >= 0.6 is 0 Å². The lowest BCUT2D eigenvalue weighted by molar-refractivity contribution is -0.174. The van der Waals surface area contributed by atoms with Crippen molar-refractivity contribution in [2.24, 2.45) is 0 Å². The van der Waals surface area contributed by atoms with Gasteiger partial charge < -0.3 is 10.1 Å². The van der Waals surface area contributed by atoms with Gasteiger partial charge in [0.1, 0.15) is 6.61 Å². The van der Waals surface area contributed by atoms with E-state index >= 15 is 0 Å². The Balaban J connectivity index is 1.69. The van der Waals surface area contributed by atoms with Gasteiger partial charge in [0.05, 0.1) is 6.61 Å². The molecule has 1 saturated carbocycles. The number of ether oxygens (including phenoxy) is 1. The van der Waals surface area contributed by atoms with Gasteiger partial charge in [0, 0.05) is 31.7 Å². The quantitative estimate of drug-likeness (QED) is 0.799. The second-order valence-electron chi connectivity index (χ2n) is 5.71. The maximum Gasteiger partial charge on any atom is 0.411 e. The van der Waals surface area contributed by atoms with Gasteiger partial charge in [-0.1, -0.05) is 19.3 Å². The zero-order valence-corrected chi connectivity index (χ0v) is 11.3. The van der Waals surface area contributed by atoms with Gasteiger partial charge >= 0.3 is 6.18 Å². The number of nitrogens with one attached hydrogen (secondary N) is 1. The molecule has 0 aromatic heterocycles. The first-order chi connectivity index (χ1) is 8.99. The van der Waals surface area contributed by atoms with Gasteiger partial charge in [-0.15, -0.1) is 0 Å². The van der Waals surface area contributed by atoms with Crippen molar-refractivity contribution in [3.8, 4) is 0 Å². The topological polar surface area (TPSA) is 24.5 Å². The Morgan fingerprint density at radius 3 is 2.58 bits per heavy atom. The van der Waals surface area contributed by atoms with E-state index in [0.717, 1.165) is 19.6 Å². The molecule has 1 heterocycles. The molecule has 1 aliphatic heterocycles. The summed E-state index contributed by atoms with van der Waals surface area (Å²) in [7, 11) is 0. The van der Waals surface area contributed by atoms with E-state index in [1.54, 1.807) is 0 Å². The third-order valence-corrected chi connectivity index (χ3v) is 4.08. The minimum Gasteiger partial charge on any atom is -0.371 e. The average Bonchev–Trinajstić information content (AvgIpc) is 2.35. The van der Waals surface area contributed by atoms with E-state index < -0.39 is 12.8 Å². The van der Waals surface area contributed by atoms with Crippen LogP contribution in [0.2, 0.25) is 0 Å². The fraction of sp³-hybridized carbons (Fsp3) is 1.00. The molecule has 2 rings (SSSR count). The second kappa shape index (κ2) is 6.41. The molecule has 6 heteroatoms. The van der Waals surface area contributed by atoms with Gasteiger partial charge in [-0.25, -0.2) is 0 Å². The van der Waals surface area contributed by atoms with Gasteiger partial charge in [-0.3, -0.25) is 4.90 Å². The number of rotatable bonds is 4. The summed E-state index contributed by atoms with van der Waals surface area (Å²) in [5, 5.41) is 3.62. The van der Waals surface area contributed by atoms with Crippen LogP contribution in [0.1, 0.15) is 32.1 Å². The summed E-state index contributed by atoms with van der Waals surface area (Å²) in [5.74, 6) is 0. The van der Waals surface area contributed by atoms with Gasteiger partial charge in [-0.2, -0.15) is 13.2 Å².